The standard InChI is InChI=1S/C60H109NO8/c1-6-8-10-12-14-16-18-20-22-24-25-26-27-28-29-30-31-32-33-35-37-39-41-43-45-47-49-51-58(63)69-56(55-68-60(59(64)65)66-53-52-61(3,4)5)54-67-57(62)50-48-46-44-42-40-38-36-34-23-21-19-17-15-13-11-9-7-2/h18,20-21,23-25,27-28,56,60H,6-17,19,22,26,29-55H2,1-5H3/b20-18-,23-21-,25-24-,28-27-. The van der Waals surface area contributed by atoms with Crippen molar-refractivity contribution in [2.45, 2.75) is 270 Å². The Morgan fingerprint density at radius 2 is 0.783 bits per heavy atom. The Bertz CT molecular complexity index is 1270. The van der Waals surface area contributed by atoms with E-state index in [4.69, 9.17) is 18.9 Å². The van der Waals surface area contributed by atoms with Crippen LogP contribution in [-0.4, -0.2) is 82.3 Å². The molecule has 0 amide bonds. The van der Waals surface area contributed by atoms with Gasteiger partial charge in [-0.15, -0.1) is 0 Å². The van der Waals surface area contributed by atoms with Gasteiger partial charge in [-0.3, -0.25) is 9.59 Å². The van der Waals surface area contributed by atoms with Gasteiger partial charge >= 0.3 is 11.9 Å². The van der Waals surface area contributed by atoms with Crippen molar-refractivity contribution in [3.05, 3.63) is 48.6 Å². The molecule has 0 aromatic rings. The van der Waals surface area contributed by atoms with Gasteiger partial charge < -0.3 is 33.3 Å². The fourth-order valence-electron chi connectivity index (χ4n) is 8.07. The van der Waals surface area contributed by atoms with Crippen molar-refractivity contribution in [1.29, 1.82) is 0 Å². The molecular formula is C60H109NO8. The van der Waals surface area contributed by atoms with Crippen molar-refractivity contribution >= 4 is 17.9 Å². The molecule has 0 rings (SSSR count). The maximum Gasteiger partial charge on any atom is 0.306 e. The largest absolute Gasteiger partial charge is 0.545 e. The van der Waals surface area contributed by atoms with Crippen LogP contribution in [0.25, 0.3) is 0 Å². The number of ether oxygens (including phenoxy) is 4. The first-order chi connectivity index (χ1) is 33.6. The van der Waals surface area contributed by atoms with Crippen LogP contribution in [0.4, 0.5) is 0 Å². The Morgan fingerprint density at radius 1 is 0.435 bits per heavy atom. The molecule has 0 aliphatic carbocycles. The van der Waals surface area contributed by atoms with Crippen LogP contribution in [0.3, 0.4) is 0 Å². The second kappa shape index (κ2) is 51.6. The van der Waals surface area contributed by atoms with Gasteiger partial charge in [0.1, 0.15) is 13.2 Å². The summed E-state index contributed by atoms with van der Waals surface area (Å²) in [5.41, 5.74) is 0. The summed E-state index contributed by atoms with van der Waals surface area (Å²) in [5, 5.41) is 11.8. The van der Waals surface area contributed by atoms with Crippen molar-refractivity contribution in [1.82, 2.24) is 0 Å². The third-order valence-corrected chi connectivity index (χ3v) is 12.5. The first kappa shape index (κ1) is 66.2. The molecule has 0 bridgehead atoms. The number of allylic oxidation sites excluding steroid dienone is 8. The quantitative estimate of drug-likeness (QED) is 0.0195. The molecule has 2 unspecified atom stereocenters. The van der Waals surface area contributed by atoms with Gasteiger partial charge in [0.2, 0.25) is 0 Å². The molecule has 0 spiro atoms. The van der Waals surface area contributed by atoms with Gasteiger partial charge in [0, 0.05) is 12.8 Å². The fraction of sp³-hybridized carbons (Fsp3) is 0.817. The molecule has 9 nitrogen and oxygen atoms in total. The van der Waals surface area contributed by atoms with Crippen LogP contribution in [0, 0.1) is 0 Å². The monoisotopic (exact) mass is 972 g/mol. The lowest BCUT2D eigenvalue weighted by atomic mass is 10.0. The summed E-state index contributed by atoms with van der Waals surface area (Å²) in [6.07, 6.45) is 60.1. The van der Waals surface area contributed by atoms with Crippen LogP contribution in [0.15, 0.2) is 48.6 Å². The van der Waals surface area contributed by atoms with Gasteiger partial charge in [0.25, 0.3) is 0 Å². The van der Waals surface area contributed by atoms with Crippen molar-refractivity contribution in [3.8, 4) is 0 Å². The molecule has 0 saturated heterocycles. The van der Waals surface area contributed by atoms with Crippen LogP contribution in [0.1, 0.15) is 258 Å². The second-order valence-corrected chi connectivity index (χ2v) is 20.6. The predicted molar refractivity (Wildman–Crippen MR) is 288 cm³/mol. The van der Waals surface area contributed by atoms with E-state index in [1.54, 1.807) is 0 Å². The number of carbonyl (C=O) groups is 3. The predicted octanol–water partition coefficient (Wildman–Crippen LogP) is 15.3. The second-order valence-electron chi connectivity index (χ2n) is 20.6. The molecular weight excluding hydrogens is 863 g/mol. The SMILES string of the molecule is CCCCCCC/C=C\C/C=C\C/C=C\CCCCCCCCCCCCCCC(=O)OC(COC(=O)CCCCCCCCC/C=C\CCCCCCCC)COC(OCC[N+](C)(C)C)C(=O)[O-]. The van der Waals surface area contributed by atoms with Gasteiger partial charge in [0.05, 0.1) is 40.3 Å². The Labute approximate surface area is 425 Å². The molecule has 0 fully saturated rings. The molecule has 69 heavy (non-hydrogen) atoms. The van der Waals surface area contributed by atoms with E-state index in [1.807, 2.05) is 21.1 Å². The highest BCUT2D eigenvalue weighted by molar-refractivity contribution is 5.70. The van der Waals surface area contributed by atoms with E-state index in [9.17, 15) is 19.5 Å². The molecule has 0 N–H and O–H groups in total. The average Bonchev–Trinajstić information content (AvgIpc) is 3.31. The van der Waals surface area contributed by atoms with E-state index < -0.39 is 24.3 Å². The van der Waals surface area contributed by atoms with Crippen molar-refractivity contribution in [2.75, 3.05) is 47.5 Å². The lowest BCUT2D eigenvalue weighted by molar-refractivity contribution is -0.870. The number of carboxylic acids is 1. The molecule has 0 aliphatic heterocycles. The highest BCUT2D eigenvalue weighted by Crippen LogP contribution is 2.16. The van der Waals surface area contributed by atoms with Crippen LogP contribution in [-0.2, 0) is 33.3 Å². The number of hydrogen-bond donors (Lipinski definition) is 0. The third kappa shape index (κ3) is 52.9. The molecule has 0 aliphatic rings. The number of quaternary nitrogens is 1. The minimum Gasteiger partial charge on any atom is -0.545 e. The highest BCUT2D eigenvalue weighted by Gasteiger charge is 2.22. The van der Waals surface area contributed by atoms with E-state index in [-0.39, 0.29) is 38.6 Å². The zero-order chi connectivity index (χ0) is 50.6. The van der Waals surface area contributed by atoms with Crippen molar-refractivity contribution < 1.29 is 42.9 Å². The number of hydrogen-bond acceptors (Lipinski definition) is 8. The Hall–Kier alpha value is -2.75. The lowest BCUT2D eigenvalue weighted by Crippen LogP contribution is -2.44. The molecule has 402 valence electrons. The molecule has 0 radical (unpaired) electrons. The van der Waals surface area contributed by atoms with Crippen molar-refractivity contribution in [3.63, 3.8) is 0 Å². The highest BCUT2D eigenvalue weighted by atomic mass is 16.7. The zero-order valence-corrected chi connectivity index (χ0v) is 45.7. The molecule has 0 aromatic heterocycles. The number of carboxylic acid groups (broad SMARTS) is 1. The first-order valence-corrected chi connectivity index (χ1v) is 28.8. The summed E-state index contributed by atoms with van der Waals surface area (Å²) in [6.45, 7) is 4.75. The Balaban J connectivity index is 4.23. The van der Waals surface area contributed by atoms with Crippen LogP contribution >= 0.6 is 0 Å². The molecule has 2 atom stereocenters. The Kier molecular flexibility index (Phi) is 49.5. The zero-order valence-electron chi connectivity index (χ0n) is 45.7. The lowest BCUT2D eigenvalue weighted by Gasteiger charge is -2.26. The summed E-state index contributed by atoms with van der Waals surface area (Å²) < 4.78 is 22.7. The molecule has 0 aromatic carbocycles. The number of carbonyl (C=O) groups excluding carboxylic acids is 3. The topological polar surface area (TPSA) is 111 Å². The maximum atomic E-state index is 12.9. The summed E-state index contributed by atoms with van der Waals surface area (Å²) in [4.78, 5) is 37.3. The minimum atomic E-state index is -1.62. The van der Waals surface area contributed by atoms with Crippen molar-refractivity contribution in [2.24, 2.45) is 0 Å². The molecule has 0 heterocycles. The average molecular weight is 973 g/mol. The van der Waals surface area contributed by atoms with E-state index in [2.05, 4.69) is 62.5 Å². The Morgan fingerprint density at radius 3 is 1.17 bits per heavy atom. The smallest absolute Gasteiger partial charge is 0.306 e. The summed E-state index contributed by atoms with van der Waals surface area (Å²) in [6, 6.07) is 0. The number of nitrogens with zero attached hydrogens (tertiary/aromatic N) is 1. The van der Waals surface area contributed by atoms with E-state index in [0.29, 0.717) is 17.4 Å². The summed E-state index contributed by atoms with van der Waals surface area (Å²) >= 11 is 0. The normalized spacial score (nSPS) is 13.1. The summed E-state index contributed by atoms with van der Waals surface area (Å²) in [7, 11) is 5.92. The van der Waals surface area contributed by atoms with Crippen LogP contribution < -0.4 is 5.11 Å². The fourth-order valence-corrected chi connectivity index (χ4v) is 8.07. The number of rotatable bonds is 53. The van der Waals surface area contributed by atoms with Gasteiger partial charge in [-0.25, -0.2) is 0 Å². The number of unbranched alkanes of at least 4 members (excludes halogenated alkanes) is 30. The number of esters is 2. The van der Waals surface area contributed by atoms with Gasteiger partial charge in [-0.2, -0.15) is 0 Å². The van der Waals surface area contributed by atoms with Gasteiger partial charge in [-0.1, -0.05) is 217 Å². The van der Waals surface area contributed by atoms with E-state index >= 15 is 0 Å². The minimum absolute atomic E-state index is 0.146. The van der Waals surface area contributed by atoms with Gasteiger partial charge in [0.15, 0.2) is 12.4 Å². The third-order valence-electron chi connectivity index (χ3n) is 12.5. The van der Waals surface area contributed by atoms with E-state index in [0.717, 1.165) is 57.8 Å². The number of likely N-dealkylation sites (N-methyl/N-ethyl adjacent to an activating group) is 1. The van der Waals surface area contributed by atoms with Crippen LogP contribution in [0.2, 0.25) is 0 Å². The molecule has 9 heteroatoms. The number of aliphatic carboxylic acids is 1. The first-order valence-electron chi connectivity index (χ1n) is 28.8. The maximum absolute atomic E-state index is 12.9. The summed E-state index contributed by atoms with van der Waals surface area (Å²) in [5.74, 6) is -2.28. The van der Waals surface area contributed by atoms with Gasteiger partial charge in [-0.05, 0) is 77.0 Å². The molecule has 0 saturated carbocycles. The van der Waals surface area contributed by atoms with Crippen LogP contribution in [0.5, 0.6) is 0 Å². The van der Waals surface area contributed by atoms with E-state index in [1.165, 1.54) is 167 Å².